The van der Waals surface area contributed by atoms with Crippen LogP contribution in [0.4, 0.5) is 0 Å². The molecule has 0 aliphatic heterocycles. The van der Waals surface area contributed by atoms with Gasteiger partial charge in [-0.15, -0.1) is 0 Å². The summed E-state index contributed by atoms with van der Waals surface area (Å²) in [5.74, 6) is 1.50. The summed E-state index contributed by atoms with van der Waals surface area (Å²) in [5, 5.41) is 0. The number of nitrogens with two attached hydrogens (primary N) is 1. The number of unbranched alkanes of at least 4 members (excludes halogenated alkanes) is 2. The summed E-state index contributed by atoms with van der Waals surface area (Å²) < 4.78 is 0. The van der Waals surface area contributed by atoms with E-state index in [0.29, 0.717) is 5.92 Å². The third kappa shape index (κ3) is 4.23. The van der Waals surface area contributed by atoms with Gasteiger partial charge in [-0.3, -0.25) is 0 Å². The van der Waals surface area contributed by atoms with E-state index < -0.39 is 0 Å². The first kappa shape index (κ1) is 17.3. The summed E-state index contributed by atoms with van der Waals surface area (Å²) in [7, 11) is 0. The van der Waals surface area contributed by atoms with Crippen molar-refractivity contribution in [3.63, 3.8) is 0 Å². The van der Waals surface area contributed by atoms with Crippen LogP contribution in [0.15, 0.2) is 18.2 Å². The van der Waals surface area contributed by atoms with Crippen molar-refractivity contribution in [1.29, 1.82) is 0 Å². The van der Waals surface area contributed by atoms with Crippen LogP contribution in [0.5, 0.6) is 0 Å². The van der Waals surface area contributed by atoms with E-state index in [4.69, 9.17) is 5.73 Å². The Morgan fingerprint density at radius 1 is 1.27 bits per heavy atom. The smallest absolute Gasteiger partial charge is 0.0226 e. The van der Waals surface area contributed by atoms with Gasteiger partial charge in [0.05, 0.1) is 0 Å². The van der Waals surface area contributed by atoms with Gasteiger partial charge in [-0.1, -0.05) is 64.3 Å². The Morgan fingerprint density at radius 2 is 2.05 bits per heavy atom. The molecule has 0 radical (unpaired) electrons. The number of rotatable bonds is 6. The minimum Gasteiger partial charge on any atom is -0.324 e. The Kier molecular flexibility index (Phi) is 6.26. The highest BCUT2D eigenvalue weighted by atomic mass is 14.6. The van der Waals surface area contributed by atoms with Gasteiger partial charge in [-0.25, -0.2) is 0 Å². The highest BCUT2D eigenvalue weighted by Crippen LogP contribution is 2.37. The third-order valence-electron chi connectivity index (χ3n) is 5.13. The average Bonchev–Trinajstić information content (AvgIpc) is 2.46. The van der Waals surface area contributed by atoms with E-state index in [1.807, 2.05) is 0 Å². The van der Waals surface area contributed by atoms with Crippen molar-refractivity contribution in [1.82, 2.24) is 0 Å². The second kappa shape index (κ2) is 7.97. The lowest BCUT2D eigenvalue weighted by atomic mass is 9.76. The van der Waals surface area contributed by atoms with Crippen LogP contribution in [0.3, 0.4) is 0 Å². The molecule has 0 heterocycles. The van der Waals surface area contributed by atoms with Crippen LogP contribution in [0, 0.1) is 12.8 Å². The van der Waals surface area contributed by atoms with Crippen molar-refractivity contribution in [2.24, 2.45) is 11.7 Å². The molecule has 1 nitrogen and oxygen atoms in total. The van der Waals surface area contributed by atoms with Gasteiger partial charge in [0.1, 0.15) is 0 Å². The van der Waals surface area contributed by atoms with Crippen LogP contribution >= 0.6 is 0 Å². The highest BCUT2D eigenvalue weighted by molar-refractivity contribution is 5.59. The van der Waals surface area contributed by atoms with E-state index in [2.05, 4.69) is 52.0 Å². The van der Waals surface area contributed by atoms with Gasteiger partial charge in [0.15, 0.2) is 0 Å². The van der Waals surface area contributed by atoms with Crippen molar-refractivity contribution in [3.05, 3.63) is 40.5 Å². The average molecular weight is 300 g/mol. The van der Waals surface area contributed by atoms with E-state index in [1.165, 1.54) is 43.2 Å². The Balaban J connectivity index is 2.11. The van der Waals surface area contributed by atoms with E-state index in [1.54, 1.807) is 11.1 Å². The number of hydrogen-bond donors (Lipinski definition) is 1. The molecule has 22 heavy (non-hydrogen) atoms. The maximum atomic E-state index is 6.21. The minimum absolute atomic E-state index is 0.194. The van der Waals surface area contributed by atoms with Crippen LogP contribution in [-0.2, 0) is 6.42 Å². The lowest BCUT2D eigenvalue weighted by molar-refractivity contribution is 0.448. The standard InChI is InChI=1S/C21H33N/c1-5-6-7-8-20(22)12-11-18-9-10-19-14-15(2)13-16(3)21(19)17(18)4/h9-12,15-16,20H,5-8,13-14,22H2,1-4H3/b12-11+. The summed E-state index contributed by atoms with van der Waals surface area (Å²) in [6.07, 6.45) is 11.9. The molecule has 122 valence electrons. The van der Waals surface area contributed by atoms with Crippen molar-refractivity contribution in [2.75, 3.05) is 0 Å². The first-order valence-electron chi connectivity index (χ1n) is 9.09. The molecule has 0 amide bonds. The van der Waals surface area contributed by atoms with Crippen molar-refractivity contribution < 1.29 is 0 Å². The summed E-state index contributed by atoms with van der Waals surface area (Å²) in [6, 6.07) is 4.82. The zero-order valence-corrected chi connectivity index (χ0v) is 14.9. The predicted molar refractivity (Wildman–Crippen MR) is 98.2 cm³/mol. The molecular formula is C21H33N. The quantitative estimate of drug-likeness (QED) is 0.680. The van der Waals surface area contributed by atoms with E-state index in [9.17, 15) is 0 Å². The molecule has 1 aliphatic carbocycles. The molecule has 0 saturated heterocycles. The number of fused-ring (bicyclic) bond motifs is 1. The molecule has 1 heteroatoms. The van der Waals surface area contributed by atoms with Gasteiger partial charge < -0.3 is 5.73 Å². The van der Waals surface area contributed by atoms with Gasteiger partial charge in [0.25, 0.3) is 0 Å². The molecule has 0 saturated carbocycles. The van der Waals surface area contributed by atoms with E-state index in [0.717, 1.165) is 12.3 Å². The molecule has 0 aromatic heterocycles. The first-order chi connectivity index (χ1) is 10.5. The lowest BCUT2D eigenvalue weighted by Gasteiger charge is -2.29. The minimum atomic E-state index is 0.194. The van der Waals surface area contributed by atoms with Crippen LogP contribution in [-0.4, -0.2) is 6.04 Å². The second-order valence-corrected chi connectivity index (χ2v) is 7.32. The molecule has 0 fully saturated rings. The maximum Gasteiger partial charge on any atom is 0.0226 e. The van der Waals surface area contributed by atoms with Gasteiger partial charge in [-0.05, 0) is 60.3 Å². The lowest BCUT2D eigenvalue weighted by Crippen LogP contribution is -2.17. The fourth-order valence-corrected chi connectivity index (χ4v) is 3.98. The summed E-state index contributed by atoms with van der Waals surface area (Å²) in [6.45, 7) is 9.27. The van der Waals surface area contributed by atoms with Crippen LogP contribution in [0.2, 0.25) is 0 Å². The SMILES string of the molecule is CCCCCC(N)/C=C/c1ccc2c(c1C)C(C)CC(C)C2. The van der Waals surface area contributed by atoms with Crippen LogP contribution in [0.1, 0.15) is 81.0 Å². The Bertz CT molecular complexity index is 515. The summed E-state index contributed by atoms with van der Waals surface area (Å²) in [4.78, 5) is 0. The van der Waals surface area contributed by atoms with Gasteiger partial charge >= 0.3 is 0 Å². The molecule has 2 N–H and O–H groups in total. The zero-order valence-electron chi connectivity index (χ0n) is 14.9. The van der Waals surface area contributed by atoms with Gasteiger partial charge in [-0.2, -0.15) is 0 Å². The molecule has 2 rings (SSSR count). The molecule has 3 unspecified atom stereocenters. The van der Waals surface area contributed by atoms with Crippen LogP contribution in [0.25, 0.3) is 6.08 Å². The third-order valence-corrected chi connectivity index (χ3v) is 5.13. The van der Waals surface area contributed by atoms with E-state index in [-0.39, 0.29) is 6.04 Å². The fraction of sp³-hybridized carbons (Fsp3) is 0.619. The summed E-state index contributed by atoms with van der Waals surface area (Å²) >= 11 is 0. The van der Waals surface area contributed by atoms with Crippen molar-refractivity contribution in [3.8, 4) is 0 Å². The molecule has 3 atom stereocenters. The van der Waals surface area contributed by atoms with Crippen molar-refractivity contribution in [2.45, 2.75) is 78.2 Å². The van der Waals surface area contributed by atoms with E-state index >= 15 is 0 Å². The molecule has 1 aliphatic rings. The van der Waals surface area contributed by atoms with Gasteiger partial charge in [0.2, 0.25) is 0 Å². The Morgan fingerprint density at radius 3 is 2.77 bits per heavy atom. The Labute approximate surface area is 137 Å². The van der Waals surface area contributed by atoms with Crippen LogP contribution < -0.4 is 5.73 Å². The first-order valence-corrected chi connectivity index (χ1v) is 9.09. The molecule has 0 spiro atoms. The summed E-state index contributed by atoms with van der Waals surface area (Å²) in [5.41, 5.74) is 12.2. The van der Waals surface area contributed by atoms with Crippen molar-refractivity contribution >= 4 is 6.08 Å². The zero-order chi connectivity index (χ0) is 16.1. The molecular weight excluding hydrogens is 266 g/mol. The Hall–Kier alpha value is -1.08. The van der Waals surface area contributed by atoms with Gasteiger partial charge in [0, 0.05) is 6.04 Å². The fourth-order valence-electron chi connectivity index (χ4n) is 3.98. The topological polar surface area (TPSA) is 26.0 Å². The number of benzene rings is 1. The normalized spacial score (nSPS) is 22.8. The highest BCUT2D eigenvalue weighted by Gasteiger charge is 2.23. The second-order valence-electron chi connectivity index (χ2n) is 7.32. The number of hydrogen-bond acceptors (Lipinski definition) is 1. The monoisotopic (exact) mass is 299 g/mol. The molecule has 0 bridgehead atoms. The molecule has 1 aromatic rings. The molecule has 1 aromatic carbocycles. The largest absolute Gasteiger partial charge is 0.324 e. The maximum absolute atomic E-state index is 6.21. The predicted octanol–water partition coefficient (Wildman–Crippen LogP) is 5.60.